The highest BCUT2D eigenvalue weighted by atomic mass is 35.5. The third-order valence-corrected chi connectivity index (χ3v) is 6.05. The van der Waals surface area contributed by atoms with Gasteiger partial charge in [-0.2, -0.15) is 0 Å². The molecule has 3 heterocycles. The first-order valence-corrected chi connectivity index (χ1v) is 10.3. The van der Waals surface area contributed by atoms with Crippen LogP contribution in [-0.4, -0.2) is 33.8 Å². The number of rotatable bonds is 5. The number of Topliss-reactive ketones (excluding diaryl/α,β-unsaturated/α-hetero) is 1. The molecular weight excluding hydrogens is 424 g/mol. The summed E-state index contributed by atoms with van der Waals surface area (Å²) in [5.74, 6) is -1.24. The minimum Gasteiger partial charge on any atom is -0.507 e. The average molecular weight is 441 g/mol. The summed E-state index contributed by atoms with van der Waals surface area (Å²) in [6, 6.07) is 11.2. The fourth-order valence-corrected chi connectivity index (χ4v) is 4.44. The van der Waals surface area contributed by atoms with Crippen molar-refractivity contribution in [2.45, 2.75) is 12.6 Å². The van der Waals surface area contributed by atoms with E-state index in [0.717, 1.165) is 4.88 Å². The lowest BCUT2D eigenvalue weighted by atomic mass is 9.96. The zero-order valence-corrected chi connectivity index (χ0v) is 17.5. The number of ether oxygens (including phenoxy) is 1. The summed E-state index contributed by atoms with van der Waals surface area (Å²) in [7, 11) is 1.49. The molecule has 30 heavy (non-hydrogen) atoms. The second-order valence-corrected chi connectivity index (χ2v) is 8.08. The van der Waals surface area contributed by atoms with E-state index in [1.54, 1.807) is 36.7 Å². The fraction of sp³-hybridized carbons (Fsp3) is 0.136. The topological polar surface area (TPSA) is 79.7 Å². The van der Waals surface area contributed by atoms with E-state index in [4.69, 9.17) is 16.3 Å². The van der Waals surface area contributed by atoms with Gasteiger partial charge in [0, 0.05) is 22.8 Å². The van der Waals surface area contributed by atoms with Crippen LogP contribution in [0, 0.1) is 0 Å². The number of hydrogen-bond acceptors (Lipinski definition) is 6. The quantitative estimate of drug-likeness (QED) is 0.360. The van der Waals surface area contributed by atoms with Gasteiger partial charge in [0.25, 0.3) is 11.7 Å². The number of aliphatic hydroxyl groups excluding tert-OH is 1. The summed E-state index contributed by atoms with van der Waals surface area (Å²) in [5.41, 5.74) is 1.03. The SMILES string of the molecule is COc1ccc(/C(O)=C2/C(=O)C(=O)N(Cc3cccs3)C2c2ccncc2)cc1Cl. The Balaban J connectivity index is 1.85. The van der Waals surface area contributed by atoms with E-state index in [9.17, 15) is 14.7 Å². The van der Waals surface area contributed by atoms with Crippen molar-refractivity contribution in [2.24, 2.45) is 0 Å². The monoisotopic (exact) mass is 440 g/mol. The normalized spacial score (nSPS) is 18.1. The molecule has 1 N–H and O–H groups in total. The second-order valence-electron chi connectivity index (χ2n) is 6.64. The Morgan fingerprint density at radius 2 is 2.00 bits per heavy atom. The molecule has 152 valence electrons. The van der Waals surface area contributed by atoms with Crippen LogP contribution in [0.5, 0.6) is 5.75 Å². The smallest absolute Gasteiger partial charge is 0.295 e. The van der Waals surface area contributed by atoms with Crippen molar-refractivity contribution in [3.8, 4) is 5.75 Å². The summed E-state index contributed by atoms with van der Waals surface area (Å²) in [6.45, 7) is 0.259. The summed E-state index contributed by atoms with van der Waals surface area (Å²) in [4.78, 5) is 32.3. The third-order valence-electron chi connectivity index (χ3n) is 4.89. The Kier molecular flexibility index (Phi) is 5.57. The Morgan fingerprint density at radius 3 is 2.63 bits per heavy atom. The van der Waals surface area contributed by atoms with Gasteiger partial charge in [0.05, 0.1) is 30.3 Å². The maximum absolute atomic E-state index is 13.0. The van der Waals surface area contributed by atoms with Crippen molar-refractivity contribution >= 4 is 40.4 Å². The standard InChI is InChI=1S/C22H17ClN2O4S/c1-29-17-5-4-14(11-16(17)23)20(26)18-19(13-6-8-24-9-7-13)25(22(28)21(18)27)12-15-3-2-10-30-15/h2-11,19,26H,12H2,1H3/b20-18-. The zero-order valence-electron chi connectivity index (χ0n) is 15.9. The molecule has 0 aliphatic carbocycles. The van der Waals surface area contributed by atoms with E-state index in [1.165, 1.54) is 29.4 Å². The molecule has 1 saturated heterocycles. The van der Waals surface area contributed by atoms with Gasteiger partial charge in [0.15, 0.2) is 0 Å². The predicted molar refractivity (Wildman–Crippen MR) is 114 cm³/mol. The molecule has 6 nitrogen and oxygen atoms in total. The van der Waals surface area contributed by atoms with Crippen LogP contribution in [0.2, 0.25) is 5.02 Å². The van der Waals surface area contributed by atoms with Gasteiger partial charge in [-0.05, 0) is 47.3 Å². The van der Waals surface area contributed by atoms with Crippen LogP contribution < -0.4 is 4.74 Å². The molecule has 4 rings (SSSR count). The van der Waals surface area contributed by atoms with Crippen molar-refractivity contribution in [1.82, 2.24) is 9.88 Å². The van der Waals surface area contributed by atoms with E-state index in [2.05, 4.69) is 4.98 Å². The number of aromatic nitrogens is 1. The lowest BCUT2D eigenvalue weighted by molar-refractivity contribution is -0.140. The number of hydrogen-bond donors (Lipinski definition) is 1. The van der Waals surface area contributed by atoms with E-state index < -0.39 is 17.7 Å². The van der Waals surface area contributed by atoms with Gasteiger partial charge >= 0.3 is 0 Å². The number of halogens is 1. The highest BCUT2D eigenvalue weighted by Crippen LogP contribution is 2.41. The molecule has 3 aromatic rings. The molecule has 1 aromatic carbocycles. The molecule has 0 spiro atoms. The maximum Gasteiger partial charge on any atom is 0.295 e. The van der Waals surface area contributed by atoms with Crippen LogP contribution in [-0.2, 0) is 16.1 Å². The van der Waals surface area contributed by atoms with E-state index in [1.807, 2.05) is 17.5 Å². The number of likely N-dealkylation sites (tertiary alicyclic amines) is 1. The van der Waals surface area contributed by atoms with E-state index in [0.29, 0.717) is 16.9 Å². The van der Waals surface area contributed by atoms with Crippen LogP contribution in [0.1, 0.15) is 22.0 Å². The summed E-state index contributed by atoms with van der Waals surface area (Å²) < 4.78 is 5.14. The van der Waals surface area contributed by atoms with E-state index in [-0.39, 0.29) is 22.9 Å². The first-order chi connectivity index (χ1) is 14.5. The molecular formula is C22H17ClN2O4S. The Labute approximate surface area is 182 Å². The fourth-order valence-electron chi connectivity index (χ4n) is 3.47. The molecule has 1 aliphatic heterocycles. The molecule has 1 atom stereocenters. The van der Waals surface area contributed by atoms with Crippen molar-refractivity contribution < 1.29 is 19.4 Å². The second kappa shape index (κ2) is 8.30. The van der Waals surface area contributed by atoms with Crippen LogP contribution in [0.25, 0.3) is 5.76 Å². The van der Waals surface area contributed by atoms with Gasteiger partial charge < -0.3 is 14.7 Å². The highest BCUT2D eigenvalue weighted by Gasteiger charge is 2.46. The molecule has 0 radical (unpaired) electrons. The van der Waals surface area contributed by atoms with Gasteiger partial charge in [-0.3, -0.25) is 14.6 Å². The number of methoxy groups -OCH3 is 1. The Morgan fingerprint density at radius 1 is 1.23 bits per heavy atom. The Bertz CT molecular complexity index is 1130. The van der Waals surface area contributed by atoms with Crippen LogP contribution in [0.3, 0.4) is 0 Å². The number of carbonyl (C=O) groups is 2. The maximum atomic E-state index is 13.0. The number of aliphatic hydroxyl groups is 1. The van der Waals surface area contributed by atoms with Crippen molar-refractivity contribution in [1.29, 1.82) is 0 Å². The van der Waals surface area contributed by atoms with Gasteiger partial charge in [-0.15, -0.1) is 11.3 Å². The van der Waals surface area contributed by atoms with Crippen molar-refractivity contribution in [3.05, 3.63) is 86.8 Å². The largest absolute Gasteiger partial charge is 0.507 e. The van der Waals surface area contributed by atoms with Gasteiger partial charge in [0.1, 0.15) is 11.5 Å². The molecule has 2 aromatic heterocycles. The molecule has 0 bridgehead atoms. The predicted octanol–water partition coefficient (Wildman–Crippen LogP) is 4.43. The lowest BCUT2D eigenvalue weighted by Gasteiger charge is -2.24. The van der Waals surface area contributed by atoms with Crippen LogP contribution in [0.15, 0.2) is 65.8 Å². The first kappa shape index (κ1) is 20.1. The molecule has 1 amide bonds. The zero-order chi connectivity index (χ0) is 21.3. The molecule has 0 saturated carbocycles. The lowest BCUT2D eigenvalue weighted by Crippen LogP contribution is -2.28. The molecule has 1 fully saturated rings. The molecule has 1 aliphatic rings. The highest BCUT2D eigenvalue weighted by molar-refractivity contribution is 7.09. The summed E-state index contributed by atoms with van der Waals surface area (Å²) in [5, 5.41) is 13.2. The number of benzene rings is 1. The first-order valence-electron chi connectivity index (χ1n) is 9.06. The third kappa shape index (κ3) is 3.58. The summed E-state index contributed by atoms with van der Waals surface area (Å²) >= 11 is 7.69. The number of nitrogens with zero attached hydrogens (tertiary/aromatic N) is 2. The number of amides is 1. The molecule has 1 unspecified atom stereocenters. The van der Waals surface area contributed by atoms with Crippen LogP contribution >= 0.6 is 22.9 Å². The van der Waals surface area contributed by atoms with Crippen molar-refractivity contribution in [3.63, 3.8) is 0 Å². The number of carbonyl (C=O) groups excluding carboxylic acids is 2. The van der Waals surface area contributed by atoms with Gasteiger partial charge in [-0.25, -0.2) is 0 Å². The number of pyridine rings is 1. The Hall–Kier alpha value is -3.16. The van der Waals surface area contributed by atoms with Gasteiger partial charge in [0.2, 0.25) is 0 Å². The average Bonchev–Trinajstić information content (AvgIpc) is 3.36. The summed E-state index contributed by atoms with van der Waals surface area (Å²) in [6.07, 6.45) is 3.18. The van der Waals surface area contributed by atoms with Crippen molar-refractivity contribution in [2.75, 3.05) is 7.11 Å². The minimum absolute atomic E-state index is 0.0176. The number of thiophene rings is 1. The number of ketones is 1. The minimum atomic E-state index is -0.740. The van der Waals surface area contributed by atoms with Crippen LogP contribution in [0.4, 0.5) is 0 Å². The molecule has 8 heteroatoms. The van der Waals surface area contributed by atoms with E-state index >= 15 is 0 Å². The van der Waals surface area contributed by atoms with Gasteiger partial charge in [-0.1, -0.05) is 17.7 Å².